The molecule has 0 bridgehead atoms. The first-order chi connectivity index (χ1) is 9.50. The maximum absolute atomic E-state index is 12.2. The van der Waals surface area contributed by atoms with Gasteiger partial charge in [0.25, 0.3) is 0 Å². The molecule has 1 aliphatic heterocycles. The quantitative estimate of drug-likeness (QED) is 0.830. The summed E-state index contributed by atoms with van der Waals surface area (Å²) in [6.07, 6.45) is 2.23. The first kappa shape index (κ1) is 14.1. The number of fused-ring (bicyclic) bond motifs is 1. The number of hydrogen-bond acceptors (Lipinski definition) is 2. The standard InChI is InChI=1S/C15H18N2O3/c1-10(2)7-8-16-15(20)17-12-6-4-3-5-11(12)9-13(17)14(18)19/h3-7,13H,8-9H2,1-2H3,(H,16,20)(H,18,19). The van der Waals surface area contributed by atoms with Gasteiger partial charge in [0.15, 0.2) is 0 Å². The average molecular weight is 274 g/mol. The number of para-hydroxylation sites is 1. The highest BCUT2D eigenvalue weighted by atomic mass is 16.4. The van der Waals surface area contributed by atoms with Crippen LogP contribution in [0.2, 0.25) is 0 Å². The number of nitrogens with one attached hydrogen (secondary N) is 1. The van der Waals surface area contributed by atoms with E-state index >= 15 is 0 Å². The Morgan fingerprint density at radius 2 is 2.10 bits per heavy atom. The van der Waals surface area contributed by atoms with Crippen LogP contribution in [0.25, 0.3) is 0 Å². The Kier molecular flexibility index (Phi) is 4.08. The van der Waals surface area contributed by atoms with E-state index in [1.165, 1.54) is 4.90 Å². The minimum atomic E-state index is -0.987. The molecule has 0 saturated heterocycles. The lowest BCUT2D eigenvalue weighted by molar-refractivity contribution is -0.138. The van der Waals surface area contributed by atoms with E-state index in [2.05, 4.69) is 5.32 Å². The average Bonchev–Trinajstić information content (AvgIpc) is 2.77. The van der Waals surface area contributed by atoms with Crippen LogP contribution in [0.5, 0.6) is 0 Å². The van der Waals surface area contributed by atoms with Crippen molar-refractivity contribution in [2.75, 3.05) is 11.4 Å². The van der Waals surface area contributed by atoms with Gasteiger partial charge in [-0.2, -0.15) is 0 Å². The van der Waals surface area contributed by atoms with Crippen LogP contribution >= 0.6 is 0 Å². The summed E-state index contributed by atoms with van der Waals surface area (Å²) >= 11 is 0. The topological polar surface area (TPSA) is 69.6 Å². The number of benzene rings is 1. The van der Waals surface area contributed by atoms with Crippen LogP contribution in [0.1, 0.15) is 19.4 Å². The Bertz CT molecular complexity index is 562. The SMILES string of the molecule is CC(C)=CCNC(=O)N1c2ccccc2CC1C(=O)O. The minimum Gasteiger partial charge on any atom is -0.480 e. The van der Waals surface area contributed by atoms with Gasteiger partial charge in [0, 0.05) is 18.7 Å². The maximum atomic E-state index is 12.2. The molecule has 1 heterocycles. The lowest BCUT2D eigenvalue weighted by atomic mass is 10.1. The fourth-order valence-electron chi connectivity index (χ4n) is 2.26. The van der Waals surface area contributed by atoms with Crippen molar-refractivity contribution >= 4 is 17.7 Å². The summed E-state index contributed by atoms with van der Waals surface area (Å²) < 4.78 is 0. The summed E-state index contributed by atoms with van der Waals surface area (Å²) in [6, 6.07) is 6.08. The van der Waals surface area contributed by atoms with Gasteiger partial charge >= 0.3 is 12.0 Å². The number of nitrogens with zero attached hydrogens (tertiary/aromatic N) is 1. The first-order valence-electron chi connectivity index (χ1n) is 6.52. The van der Waals surface area contributed by atoms with E-state index in [1.54, 1.807) is 12.1 Å². The molecule has 0 fully saturated rings. The largest absolute Gasteiger partial charge is 0.480 e. The predicted molar refractivity (Wildman–Crippen MR) is 76.9 cm³/mol. The minimum absolute atomic E-state index is 0.349. The monoisotopic (exact) mass is 274 g/mol. The van der Waals surface area contributed by atoms with Gasteiger partial charge in [-0.15, -0.1) is 0 Å². The van der Waals surface area contributed by atoms with E-state index in [9.17, 15) is 14.7 Å². The number of urea groups is 1. The number of anilines is 1. The van der Waals surface area contributed by atoms with Crippen LogP contribution < -0.4 is 10.2 Å². The second-order valence-corrected chi connectivity index (χ2v) is 5.02. The number of amides is 2. The summed E-state index contributed by atoms with van der Waals surface area (Å²) in [7, 11) is 0. The van der Waals surface area contributed by atoms with Crippen molar-refractivity contribution in [3.63, 3.8) is 0 Å². The first-order valence-corrected chi connectivity index (χ1v) is 6.52. The molecular weight excluding hydrogens is 256 g/mol. The van der Waals surface area contributed by atoms with E-state index in [4.69, 9.17) is 0 Å². The summed E-state index contributed by atoms with van der Waals surface area (Å²) in [5, 5.41) is 12.0. The van der Waals surface area contributed by atoms with Crippen molar-refractivity contribution in [1.29, 1.82) is 0 Å². The molecule has 0 spiro atoms. The second kappa shape index (κ2) is 5.77. The number of aliphatic carboxylic acids is 1. The zero-order valence-corrected chi connectivity index (χ0v) is 11.6. The molecule has 106 valence electrons. The summed E-state index contributed by atoms with van der Waals surface area (Å²) in [5.41, 5.74) is 2.66. The highest BCUT2D eigenvalue weighted by molar-refractivity contribution is 6.01. The summed E-state index contributed by atoms with van der Waals surface area (Å²) in [6.45, 7) is 4.28. The number of rotatable bonds is 3. The molecule has 2 rings (SSSR count). The molecule has 2 N–H and O–H groups in total. The summed E-state index contributed by atoms with van der Waals surface area (Å²) in [5.74, 6) is -0.987. The number of carboxylic acids is 1. The number of hydrogen-bond donors (Lipinski definition) is 2. The predicted octanol–water partition coefficient (Wildman–Crippen LogP) is 2.18. The fourth-order valence-corrected chi connectivity index (χ4v) is 2.26. The van der Waals surface area contributed by atoms with Gasteiger partial charge in [-0.25, -0.2) is 9.59 Å². The molecule has 0 radical (unpaired) electrons. The molecule has 1 unspecified atom stereocenters. The Labute approximate surface area is 117 Å². The van der Waals surface area contributed by atoms with E-state index in [0.29, 0.717) is 18.7 Å². The molecule has 5 nitrogen and oxygen atoms in total. The molecule has 20 heavy (non-hydrogen) atoms. The molecular formula is C15H18N2O3. The highest BCUT2D eigenvalue weighted by Crippen LogP contribution is 2.32. The van der Waals surface area contributed by atoms with Crippen molar-refractivity contribution < 1.29 is 14.7 Å². The zero-order chi connectivity index (χ0) is 14.7. The van der Waals surface area contributed by atoms with Crippen LogP contribution in [0, 0.1) is 0 Å². The Balaban J connectivity index is 2.20. The van der Waals surface area contributed by atoms with E-state index in [1.807, 2.05) is 32.1 Å². The molecule has 5 heteroatoms. The number of allylic oxidation sites excluding steroid dienone is 1. The molecule has 2 amide bonds. The Morgan fingerprint density at radius 1 is 1.40 bits per heavy atom. The van der Waals surface area contributed by atoms with Crippen LogP contribution in [0.15, 0.2) is 35.9 Å². The third-order valence-electron chi connectivity index (χ3n) is 3.24. The molecule has 0 saturated carbocycles. The molecule has 1 aromatic carbocycles. The lowest BCUT2D eigenvalue weighted by Gasteiger charge is -2.22. The van der Waals surface area contributed by atoms with Gasteiger partial charge in [0.2, 0.25) is 0 Å². The van der Waals surface area contributed by atoms with Crippen molar-refractivity contribution in [2.45, 2.75) is 26.3 Å². The fraction of sp³-hybridized carbons (Fsp3) is 0.333. The number of carbonyl (C=O) groups excluding carboxylic acids is 1. The normalized spacial score (nSPS) is 16.5. The maximum Gasteiger partial charge on any atom is 0.327 e. The number of carboxylic acid groups (broad SMARTS) is 1. The number of carbonyl (C=O) groups is 2. The van der Waals surface area contributed by atoms with Crippen molar-refractivity contribution in [3.8, 4) is 0 Å². The van der Waals surface area contributed by atoms with E-state index in [-0.39, 0.29) is 6.03 Å². The van der Waals surface area contributed by atoms with Crippen molar-refractivity contribution in [3.05, 3.63) is 41.5 Å². The van der Waals surface area contributed by atoms with Gasteiger partial charge in [0.1, 0.15) is 6.04 Å². The van der Waals surface area contributed by atoms with Crippen LogP contribution in [0.3, 0.4) is 0 Å². The van der Waals surface area contributed by atoms with Gasteiger partial charge in [0.05, 0.1) is 0 Å². The van der Waals surface area contributed by atoms with E-state index in [0.717, 1.165) is 11.1 Å². The van der Waals surface area contributed by atoms with Crippen LogP contribution in [-0.4, -0.2) is 29.7 Å². The zero-order valence-electron chi connectivity index (χ0n) is 11.6. The molecule has 1 aromatic rings. The van der Waals surface area contributed by atoms with Gasteiger partial charge in [-0.05, 0) is 25.5 Å². The smallest absolute Gasteiger partial charge is 0.327 e. The van der Waals surface area contributed by atoms with Crippen molar-refractivity contribution in [2.24, 2.45) is 0 Å². The molecule has 1 aliphatic rings. The Morgan fingerprint density at radius 3 is 2.75 bits per heavy atom. The third kappa shape index (κ3) is 2.82. The summed E-state index contributed by atoms with van der Waals surface area (Å²) in [4.78, 5) is 24.9. The highest BCUT2D eigenvalue weighted by Gasteiger charge is 2.37. The van der Waals surface area contributed by atoms with Gasteiger partial charge < -0.3 is 10.4 Å². The molecule has 0 aromatic heterocycles. The lowest BCUT2D eigenvalue weighted by Crippen LogP contribution is -2.48. The third-order valence-corrected chi connectivity index (χ3v) is 3.24. The molecule has 1 atom stereocenters. The second-order valence-electron chi connectivity index (χ2n) is 5.02. The van der Waals surface area contributed by atoms with Crippen LogP contribution in [-0.2, 0) is 11.2 Å². The molecule has 0 aliphatic carbocycles. The van der Waals surface area contributed by atoms with E-state index < -0.39 is 12.0 Å². The van der Waals surface area contributed by atoms with Gasteiger partial charge in [-0.3, -0.25) is 4.90 Å². The Hall–Kier alpha value is -2.30. The van der Waals surface area contributed by atoms with Gasteiger partial charge in [-0.1, -0.05) is 29.8 Å². The van der Waals surface area contributed by atoms with Crippen LogP contribution in [0.4, 0.5) is 10.5 Å². The van der Waals surface area contributed by atoms with Crippen molar-refractivity contribution in [1.82, 2.24) is 5.32 Å².